The lowest BCUT2D eigenvalue weighted by atomic mass is 10.1. The van der Waals surface area contributed by atoms with Gasteiger partial charge in [0, 0.05) is 13.1 Å². The summed E-state index contributed by atoms with van der Waals surface area (Å²) in [6.07, 6.45) is 1.73. The maximum atomic E-state index is 12.1. The van der Waals surface area contributed by atoms with Crippen molar-refractivity contribution in [1.29, 1.82) is 0 Å². The SMILES string of the molecule is CCc1cccc2c1N(CCCN)CCS2(=O)=O. The van der Waals surface area contributed by atoms with Crippen LogP contribution in [0.3, 0.4) is 0 Å². The van der Waals surface area contributed by atoms with Crippen LogP contribution in [0.15, 0.2) is 23.1 Å². The Hall–Kier alpha value is -1.07. The van der Waals surface area contributed by atoms with Crippen LogP contribution in [0.25, 0.3) is 0 Å². The number of rotatable bonds is 4. The summed E-state index contributed by atoms with van der Waals surface area (Å²) in [6, 6.07) is 5.56. The Bertz CT molecular complexity index is 526. The van der Waals surface area contributed by atoms with Gasteiger partial charge in [-0.05, 0) is 31.0 Å². The molecule has 5 heteroatoms. The van der Waals surface area contributed by atoms with E-state index in [1.807, 2.05) is 12.1 Å². The minimum absolute atomic E-state index is 0.206. The van der Waals surface area contributed by atoms with Gasteiger partial charge in [-0.15, -0.1) is 0 Å². The Morgan fingerprint density at radius 3 is 2.83 bits per heavy atom. The van der Waals surface area contributed by atoms with Crippen molar-refractivity contribution in [2.24, 2.45) is 5.73 Å². The first-order valence-electron chi connectivity index (χ1n) is 6.40. The highest BCUT2D eigenvalue weighted by Crippen LogP contribution is 2.34. The van der Waals surface area contributed by atoms with Gasteiger partial charge in [-0.2, -0.15) is 0 Å². The fourth-order valence-corrected chi connectivity index (χ4v) is 3.94. The molecular formula is C13H20N2O2S. The molecule has 18 heavy (non-hydrogen) atoms. The molecule has 2 rings (SSSR count). The van der Waals surface area contributed by atoms with Crippen LogP contribution in [-0.2, 0) is 16.3 Å². The lowest BCUT2D eigenvalue weighted by Gasteiger charge is -2.32. The van der Waals surface area contributed by atoms with Gasteiger partial charge in [0.2, 0.25) is 0 Å². The zero-order chi connectivity index (χ0) is 13.2. The molecular weight excluding hydrogens is 248 g/mol. The average molecular weight is 268 g/mol. The number of sulfone groups is 1. The van der Waals surface area contributed by atoms with E-state index in [9.17, 15) is 8.42 Å². The fraction of sp³-hybridized carbons (Fsp3) is 0.538. The largest absolute Gasteiger partial charge is 0.369 e. The average Bonchev–Trinajstić information content (AvgIpc) is 2.37. The minimum atomic E-state index is -3.11. The van der Waals surface area contributed by atoms with E-state index >= 15 is 0 Å². The number of nitrogens with zero attached hydrogens (tertiary/aromatic N) is 1. The highest BCUT2D eigenvalue weighted by molar-refractivity contribution is 7.91. The molecule has 0 bridgehead atoms. The van der Waals surface area contributed by atoms with Gasteiger partial charge >= 0.3 is 0 Å². The van der Waals surface area contributed by atoms with Crippen LogP contribution in [0.1, 0.15) is 18.9 Å². The molecule has 0 fully saturated rings. The summed E-state index contributed by atoms with van der Waals surface area (Å²) < 4.78 is 24.2. The van der Waals surface area contributed by atoms with Crippen LogP contribution < -0.4 is 10.6 Å². The topological polar surface area (TPSA) is 63.4 Å². The molecule has 1 aromatic rings. The van der Waals surface area contributed by atoms with Crippen molar-refractivity contribution in [2.75, 3.05) is 30.3 Å². The van der Waals surface area contributed by atoms with E-state index in [0.29, 0.717) is 18.0 Å². The summed E-state index contributed by atoms with van der Waals surface area (Å²) in [5.74, 6) is 0.206. The van der Waals surface area contributed by atoms with Crippen molar-refractivity contribution in [3.05, 3.63) is 23.8 Å². The third-order valence-electron chi connectivity index (χ3n) is 3.38. The maximum Gasteiger partial charge on any atom is 0.182 e. The summed E-state index contributed by atoms with van der Waals surface area (Å²) in [7, 11) is -3.11. The minimum Gasteiger partial charge on any atom is -0.369 e. The number of hydrogen-bond donors (Lipinski definition) is 1. The van der Waals surface area contributed by atoms with Gasteiger partial charge in [0.25, 0.3) is 0 Å². The van der Waals surface area contributed by atoms with Gasteiger partial charge in [-0.1, -0.05) is 19.1 Å². The number of fused-ring (bicyclic) bond motifs is 1. The Balaban J connectivity index is 2.49. The summed E-state index contributed by atoms with van der Waals surface area (Å²) >= 11 is 0. The van der Waals surface area contributed by atoms with E-state index in [4.69, 9.17) is 5.73 Å². The van der Waals surface area contributed by atoms with Gasteiger partial charge < -0.3 is 10.6 Å². The van der Waals surface area contributed by atoms with Gasteiger partial charge in [0.05, 0.1) is 16.3 Å². The van der Waals surface area contributed by atoms with Crippen molar-refractivity contribution >= 4 is 15.5 Å². The van der Waals surface area contributed by atoms with Crippen LogP contribution in [0.2, 0.25) is 0 Å². The fourth-order valence-electron chi connectivity index (χ4n) is 2.42. The summed E-state index contributed by atoms with van der Waals surface area (Å²) in [5.41, 5.74) is 7.55. The van der Waals surface area contributed by atoms with Gasteiger partial charge in [-0.25, -0.2) is 8.42 Å². The molecule has 0 saturated heterocycles. The molecule has 0 amide bonds. The van der Waals surface area contributed by atoms with E-state index in [-0.39, 0.29) is 5.75 Å². The zero-order valence-corrected chi connectivity index (χ0v) is 11.5. The molecule has 4 nitrogen and oxygen atoms in total. The molecule has 0 aliphatic carbocycles. The second-order valence-corrected chi connectivity index (χ2v) is 6.64. The quantitative estimate of drug-likeness (QED) is 0.891. The number of nitrogens with two attached hydrogens (primary N) is 1. The van der Waals surface area contributed by atoms with E-state index in [2.05, 4.69) is 11.8 Å². The van der Waals surface area contributed by atoms with E-state index < -0.39 is 9.84 Å². The van der Waals surface area contributed by atoms with Gasteiger partial charge in [0.15, 0.2) is 9.84 Å². The Kier molecular flexibility index (Phi) is 3.92. The van der Waals surface area contributed by atoms with Crippen molar-refractivity contribution in [2.45, 2.75) is 24.7 Å². The summed E-state index contributed by atoms with van der Waals surface area (Å²) in [5, 5.41) is 0. The predicted octanol–water partition coefficient (Wildman–Crippen LogP) is 1.19. The first-order chi connectivity index (χ1) is 8.60. The smallest absolute Gasteiger partial charge is 0.182 e. The molecule has 0 spiro atoms. The molecule has 1 aromatic carbocycles. The first-order valence-corrected chi connectivity index (χ1v) is 8.05. The lowest BCUT2D eigenvalue weighted by molar-refractivity contribution is 0.588. The molecule has 100 valence electrons. The molecule has 0 atom stereocenters. The summed E-state index contributed by atoms with van der Waals surface area (Å²) in [6.45, 7) is 4.09. The Morgan fingerprint density at radius 1 is 1.39 bits per heavy atom. The van der Waals surface area contributed by atoms with Crippen molar-refractivity contribution in [1.82, 2.24) is 0 Å². The zero-order valence-electron chi connectivity index (χ0n) is 10.7. The van der Waals surface area contributed by atoms with Crippen molar-refractivity contribution in [3.63, 3.8) is 0 Å². The van der Waals surface area contributed by atoms with E-state index in [1.54, 1.807) is 6.07 Å². The van der Waals surface area contributed by atoms with Crippen molar-refractivity contribution in [3.8, 4) is 0 Å². The first kappa shape index (κ1) is 13.4. The highest BCUT2D eigenvalue weighted by Gasteiger charge is 2.29. The van der Waals surface area contributed by atoms with Crippen LogP contribution in [-0.4, -0.2) is 33.8 Å². The molecule has 1 heterocycles. The number of anilines is 1. The molecule has 0 radical (unpaired) electrons. The monoisotopic (exact) mass is 268 g/mol. The van der Waals surface area contributed by atoms with Crippen LogP contribution in [0, 0.1) is 0 Å². The number of para-hydroxylation sites is 1. The third-order valence-corrected chi connectivity index (χ3v) is 5.10. The number of hydrogen-bond acceptors (Lipinski definition) is 4. The third kappa shape index (κ3) is 2.37. The van der Waals surface area contributed by atoms with E-state index in [0.717, 1.165) is 30.6 Å². The molecule has 0 unspecified atom stereocenters. The number of benzene rings is 1. The Morgan fingerprint density at radius 2 is 2.17 bits per heavy atom. The second kappa shape index (κ2) is 5.28. The van der Waals surface area contributed by atoms with Crippen molar-refractivity contribution < 1.29 is 8.42 Å². The normalized spacial score (nSPS) is 17.6. The van der Waals surface area contributed by atoms with Crippen LogP contribution in [0.5, 0.6) is 0 Å². The van der Waals surface area contributed by atoms with E-state index in [1.165, 1.54) is 0 Å². The summed E-state index contributed by atoms with van der Waals surface area (Å²) in [4.78, 5) is 2.66. The predicted molar refractivity (Wildman–Crippen MR) is 73.8 cm³/mol. The second-order valence-electron chi connectivity index (χ2n) is 4.57. The molecule has 0 aromatic heterocycles. The van der Waals surface area contributed by atoms with Gasteiger partial charge in [-0.3, -0.25) is 0 Å². The molecule has 1 aliphatic rings. The molecule has 0 saturated carbocycles. The van der Waals surface area contributed by atoms with Crippen LogP contribution in [0.4, 0.5) is 5.69 Å². The molecule has 1 aliphatic heterocycles. The lowest BCUT2D eigenvalue weighted by Crippen LogP contribution is -2.37. The van der Waals surface area contributed by atoms with Gasteiger partial charge in [0.1, 0.15) is 0 Å². The molecule has 2 N–H and O–H groups in total. The van der Waals surface area contributed by atoms with Crippen LogP contribution >= 0.6 is 0 Å². The maximum absolute atomic E-state index is 12.1. The Labute approximate surface area is 109 Å². The standard InChI is InChI=1S/C13H20N2O2S/c1-2-11-5-3-6-12-13(11)15(8-4-7-14)9-10-18(12,16)17/h3,5-6H,2,4,7-10,14H2,1H3. The number of aryl methyl sites for hydroxylation is 1. The highest BCUT2D eigenvalue weighted by atomic mass is 32.2.